The molecule has 1 aliphatic heterocycles. The van der Waals surface area contributed by atoms with Crippen LogP contribution in [0.3, 0.4) is 0 Å². The van der Waals surface area contributed by atoms with Crippen LogP contribution in [0.15, 0.2) is 66.7 Å². The van der Waals surface area contributed by atoms with Gasteiger partial charge in [-0.15, -0.1) is 0 Å². The van der Waals surface area contributed by atoms with E-state index in [1.54, 1.807) is 54.6 Å². The molecule has 0 atom stereocenters. The van der Waals surface area contributed by atoms with E-state index in [0.29, 0.717) is 53.5 Å². The van der Waals surface area contributed by atoms with Crippen LogP contribution in [-0.2, 0) is 16.1 Å². The van der Waals surface area contributed by atoms with Crippen molar-refractivity contribution in [3.8, 4) is 5.75 Å². The second kappa shape index (κ2) is 14.0. The Bertz CT molecular complexity index is 1470. The maximum Gasteiger partial charge on any atom is 0.338 e. The molecule has 1 aliphatic carbocycles. The first kappa shape index (κ1) is 29.8. The average molecular weight is 585 g/mol. The lowest BCUT2D eigenvalue weighted by Crippen LogP contribution is -2.33. The number of hydrogen-bond donors (Lipinski definition) is 3. The molecule has 10 heteroatoms. The third kappa shape index (κ3) is 7.98. The van der Waals surface area contributed by atoms with E-state index in [2.05, 4.69) is 10.6 Å². The van der Waals surface area contributed by atoms with Crippen molar-refractivity contribution in [1.29, 1.82) is 0 Å². The van der Waals surface area contributed by atoms with Crippen molar-refractivity contribution < 1.29 is 28.7 Å². The number of nitrogens with zero attached hydrogens (tertiary/aromatic N) is 1. The zero-order valence-electron chi connectivity index (χ0n) is 24.0. The molecular weight excluding hydrogens is 548 g/mol. The Morgan fingerprint density at radius 1 is 0.907 bits per heavy atom. The first-order chi connectivity index (χ1) is 20.9. The number of esters is 1. The molecule has 0 bridgehead atoms. The lowest BCUT2D eigenvalue weighted by Gasteiger charge is -2.24. The molecule has 1 saturated carbocycles. The van der Waals surface area contributed by atoms with Gasteiger partial charge >= 0.3 is 5.97 Å². The smallest absolute Gasteiger partial charge is 0.338 e. The Balaban J connectivity index is 1.14. The van der Waals surface area contributed by atoms with Crippen LogP contribution in [0.25, 0.3) is 0 Å². The molecule has 0 spiro atoms. The van der Waals surface area contributed by atoms with E-state index in [-0.39, 0.29) is 36.3 Å². The van der Waals surface area contributed by atoms with Gasteiger partial charge in [0, 0.05) is 29.4 Å². The summed E-state index contributed by atoms with van der Waals surface area (Å²) in [5.41, 5.74) is 8.90. The number of benzene rings is 3. The van der Waals surface area contributed by atoms with Crippen LogP contribution in [-0.4, -0.2) is 54.4 Å². The number of hydrogen-bond acceptors (Lipinski definition) is 7. The predicted octanol–water partition coefficient (Wildman–Crippen LogP) is 4.75. The van der Waals surface area contributed by atoms with Gasteiger partial charge in [-0.1, -0.05) is 25.0 Å². The van der Waals surface area contributed by atoms with E-state index >= 15 is 0 Å². The van der Waals surface area contributed by atoms with E-state index in [1.807, 2.05) is 17.0 Å². The molecular formula is C33H36N4O6. The molecule has 0 aromatic heterocycles. The summed E-state index contributed by atoms with van der Waals surface area (Å²) in [5, 5.41) is 5.59. The molecule has 0 saturated heterocycles. The molecule has 2 aliphatic rings. The Labute approximate surface area is 250 Å². The minimum atomic E-state index is -0.389. The van der Waals surface area contributed by atoms with Gasteiger partial charge < -0.3 is 30.7 Å². The molecule has 0 unspecified atom stereocenters. The van der Waals surface area contributed by atoms with E-state index < -0.39 is 0 Å². The standard InChI is InChI=1S/C33H36N4O6/c34-17-3-1-2-4-18-42-33(41)24-9-12-26(13-10-24)35-31(39)23-7-5-22(6-8-23)20-37(27-14-15-27)32(40)25-11-16-28-29(19-25)43-21-30(38)36-28/h5-13,16,19,27H,1-4,14-15,17-18,20-21,34H2,(H,35,39)(H,36,38). The highest BCUT2D eigenvalue weighted by Gasteiger charge is 2.33. The summed E-state index contributed by atoms with van der Waals surface area (Å²) >= 11 is 0. The summed E-state index contributed by atoms with van der Waals surface area (Å²) in [6.45, 7) is 1.38. The number of nitrogens with one attached hydrogen (secondary N) is 2. The SMILES string of the molecule is NCCCCCCOC(=O)c1ccc(NC(=O)c2ccc(CN(C(=O)c3ccc4c(c3)OCC(=O)N4)C3CC3)cc2)cc1. The van der Waals surface area contributed by atoms with Gasteiger partial charge in [0.2, 0.25) is 0 Å². The molecule has 3 amide bonds. The number of ether oxygens (including phenoxy) is 2. The van der Waals surface area contributed by atoms with Gasteiger partial charge in [-0.3, -0.25) is 14.4 Å². The fraction of sp³-hybridized carbons (Fsp3) is 0.333. The van der Waals surface area contributed by atoms with Gasteiger partial charge in [0.15, 0.2) is 6.61 Å². The van der Waals surface area contributed by atoms with Gasteiger partial charge in [-0.25, -0.2) is 4.79 Å². The molecule has 3 aromatic rings. The third-order valence-corrected chi connectivity index (χ3v) is 7.39. The van der Waals surface area contributed by atoms with Crippen molar-refractivity contribution in [2.24, 2.45) is 5.73 Å². The highest BCUT2D eigenvalue weighted by atomic mass is 16.5. The average Bonchev–Trinajstić information content (AvgIpc) is 3.87. The van der Waals surface area contributed by atoms with Crippen LogP contribution in [0, 0.1) is 0 Å². The molecule has 1 heterocycles. The number of anilines is 2. The van der Waals surface area contributed by atoms with Gasteiger partial charge in [-0.2, -0.15) is 0 Å². The molecule has 0 radical (unpaired) electrons. The first-order valence-electron chi connectivity index (χ1n) is 14.7. The number of unbranched alkanes of at least 4 members (excludes halogenated alkanes) is 3. The number of fused-ring (bicyclic) bond motifs is 1. The molecule has 224 valence electrons. The number of nitrogens with two attached hydrogens (primary N) is 1. The topological polar surface area (TPSA) is 140 Å². The van der Waals surface area contributed by atoms with Crippen molar-refractivity contribution in [1.82, 2.24) is 4.90 Å². The Morgan fingerprint density at radius 2 is 1.60 bits per heavy atom. The van der Waals surface area contributed by atoms with Crippen LogP contribution in [0.4, 0.5) is 11.4 Å². The second-order valence-corrected chi connectivity index (χ2v) is 10.8. The Hall–Kier alpha value is -4.70. The molecule has 43 heavy (non-hydrogen) atoms. The fourth-order valence-corrected chi connectivity index (χ4v) is 4.83. The molecule has 5 rings (SSSR count). The molecule has 10 nitrogen and oxygen atoms in total. The van der Waals surface area contributed by atoms with Crippen LogP contribution >= 0.6 is 0 Å². The van der Waals surface area contributed by atoms with Gasteiger partial charge in [0.1, 0.15) is 5.75 Å². The van der Waals surface area contributed by atoms with Crippen LogP contribution in [0.5, 0.6) is 5.75 Å². The third-order valence-electron chi connectivity index (χ3n) is 7.39. The van der Waals surface area contributed by atoms with E-state index in [4.69, 9.17) is 15.2 Å². The number of amides is 3. The van der Waals surface area contributed by atoms with Crippen LogP contribution < -0.4 is 21.1 Å². The van der Waals surface area contributed by atoms with Crippen molar-refractivity contribution in [2.75, 3.05) is 30.4 Å². The Kier molecular flexibility index (Phi) is 9.68. The number of rotatable bonds is 13. The largest absolute Gasteiger partial charge is 0.482 e. The van der Waals surface area contributed by atoms with E-state index in [0.717, 1.165) is 44.1 Å². The predicted molar refractivity (Wildman–Crippen MR) is 162 cm³/mol. The van der Waals surface area contributed by atoms with Gasteiger partial charge in [0.25, 0.3) is 17.7 Å². The first-order valence-corrected chi connectivity index (χ1v) is 14.7. The summed E-state index contributed by atoms with van der Waals surface area (Å²) in [5.74, 6) is -0.521. The highest BCUT2D eigenvalue weighted by molar-refractivity contribution is 6.04. The van der Waals surface area contributed by atoms with Crippen molar-refractivity contribution in [2.45, 2.75) is 51.1 Å². The van der Waals surface area contributed by atoms with Crippen molar-refractivity contribution in [3.63, 3.8) is 0 Å². The molecule has 4 N–H and O–H groups in total. The summed E-state index contributed by atoms with van der Waals surface area (Å²) in [6, 6.07) is 19.0. The van der Waals surface area contributed by atoms with E-state index in [1.165, 1.54) is 0 Å². The summed E-state index contributed by atoms with van der Waals surface area (Å²) in [4.78, 5) is 51.9. The lowest BCUT2D eigenvalue weighted by molar-refractivity contribution is -0.118. The summed E-state index contributed by atoms with van der Waals surface area (Å²) in [6.07, 6.45) is 5.66. The highest BCUT2D eigenvalue weighted by Crippen LogP contribution is 2.33. The molecule has 1 fully saturated rings. The molecule has 3 aromatic carbocycles. The summed E-state index contributed by atoms with van der Waals surface area (Å²) < 4.78 is 10.8. The Morgan fingerprint density at radius 3 is 2.33 bits per heavy atom. The zero-order valence-corrected chi connectivity index (χ0v) is 24.0. The quantitative estimate of drug-likeness (QED) is 0.195. The van der Waals surface area contributed by atoms with Gasteiger partial charge in [-0.05, 0) is 92.4 Å². The van der Waals surface area contributed by atoms with Gasteiger partial charge in [0.05, 0.1) is 17.9 Å². The lowest BCUT2D eigenvalue weighted by atomic mass is 10.1. The maximum atomic E-state index is 13.4. The second-order valence-electron chi connectivity index (χ2n) is 10.8. The maximum absolute atomic E-state index is 13.4. The van der Waals surface area contributed by atoms with Crippen LogP contribution in [0.1, 0.15) is 75.2 Å². The fourth-order valence-electron chi connectivity index (χ4n) is 4.83. The summed E-state index contributed by atoms with van der Waals surface area (Å²) in [7, 11) is 0. The number of carbonyl (C=O) groups excluding carboxylic acids is 4. The van der Waals surface area contributed by atoms with Crippen molar-refractivity contribution in [3.05, 3.63) is 89.0 Å². The number of carbonyl (C=O) groups is 4. The van der Waals surface area contributed by atoms with Crippen molar-refractivity contribution >= 4 is 35.1 Å². The monoisotopic (exact) mass is 584 g/mol. The normalized spacial score (nSPS) is 13.7. The minimum Gasteiger partial charge on any atom is -0.482 e. The minimum absolute atomic E-state index is 0.0760. The van der Waals surface area contributed by atoms with Crippen LogP contribution in [0.2, 0.25) is 0 Å². The zero-order chi connectivity index (χ0) is 30.2. The van der Waals surface area contributed by atoms with E-state index in [9.17, 15) is 19.2 Å².